The minimum Gasteiger partial charge on any atom is -0.481 e. The van der Waals surface area contributed by atoms with Crippen molar-refractivity contribution < 1.29 is 24.3 Å². The molecule has 4 amide bonds. The smallest absolute Gasteiger partial charge is 0.318 e. The number of hydrogen-bond acceptors (Lipinski definition) is 4. The molecule has 2 heterocycles. The molecule has 1 unspecified atom stereocenters. The number of piperidine rings is 2. The van der Waals surface area contributed by atoms with Crippen molar-refractivity contribution in [2.45, 2.75) is 31.7 Å². The number of nitrogens with zero attached hydrogens (tertiary/aromatic N) is 2. The molecule has 0 aromatic carbocycles. The van der Waals surface area contributed by atoms with Crippen molar-refractivity contribution in [3.8, 4) is 0 Å². The van der Waals surface area contributed by atoms with Crippen molar-refractivity contribution in [3.63, 3.8) is 0 Å². The first kappa shape index (κ1) is 15.3. The first-order valence-electron chi connectivity index (χ1n) is 6.98. The van der Waals surface area contributed by atoms with Gasteiger partial charge in [-0.05, 0) is 19.3 Å². The van der Waals surface area contributed by atoms with Gasteiger partial charge < -0.3 is 15.3 Å². The second-order valence-corrected chi connectivity index (χ2v) is 5.43. The molecule has 0 bridgehead atoms. The molecule has 0 aromatic rings. The van der Waals surface area contributed by atoms with E-state index in [0.29, 0.717) is 32.4 Å². The second kappa shape index (κ2) is 6.11. The molecule has 21 heavy (non-hydrogen) atoms. The molecule has 8 heteroatoms. The SMILES string of the molecule is CN1C(=O)CCC(NC(=O)N2CCC(C(=O)O)CC2)C1=O. The van der Waals surface area contributed by atoms with E-state index < -0.39 is 23.8 Å². The summed E-state index contributed by atoms with van der Waals surface area (Å²) in [6.07, 6.45) is 1.37. The number of hydrogen-bond donors (Lipinski definition) is 2. The van der Waals surface area contributed by atoms with Crippen LogP contribution in [0.25, 0.3) is 0 Å². The van der Waals surface area contributed by atoms with Gasteiger partial charge in [0, 0.05) is 26.6 Å². The quantitative estimate of drug-likeness (QED) is 0.677. The fourth-order valence-electron chi connectivity index (χ4n) is 2.62. The van der Waals surface area contributed by atoms with Crippen LogP contribution in [0.5, 0.6) is 0 Å². The first-order valence-corrected chi connectivity index (χ1v) is 6.98. The molecule has 1 atom stereocenters. The Hall–Kier alpha value is -2.12. The van der Waals surface area contributed by atoms with E-state index in [1.165, 1.54) is 11.9 Å². The first-order chi connectivity index (χ1) is 9.90. The number of carbonyl (C=O) groups is 4. The molecular weight excluding hydrogens is 278 g/mol. The molecule has 0 aromatic heterocycles. The molecule has 2 aliphatic heterocycles. The molecule has 2 fully saturated rings. The van der Waals surface area contributed by atoms with Gasteiger partial charge in [0.15, 0.2) is 0 Å². The van der Waals surface area contributed by atoms with Crippen molar-refractivity contribution in [2.24, 2.45) is 5.92 Å². The highest BCUT2D eigenvalue weighted by atomic mass is 16.4. The van der Waals surface area contributed by atoms with Crippen molar-refractivity contribution in [1.82, 2.24) is 15.1 Å². The molecule has 0 aliphatic carbocycles. The van der Waals surface area contributed by atoms with E-state index in [2.05, 4.69) is 5.32 Å². The number of urea groups is 1. The normalized spacial score (nSPS) is 24.1. The lowest BCUT2D eigenvalue weighted by atomic mass is 9.97. The van der Waals surface area contributed by atoms with Crippen LogP contribution in [0.2, 0.25) is 0 Å². The minimum absolute atomic E-state index is 0.230. The molecule has 0 radical (unpaired) electrons. The number of rotatable bonds is 2. The largest absolute Gasteiger partial charge is 0.481 e. The molecular formula is C13H19N3O5. The van der Waals surface area contributed by atoms with Crippen LogP contribution < -0.4 is 5.32 Å². The van der Waals surface area contributed by atoms with Crippen LogP contribution >= 0.6 is 0 Å². The molecule has 2 saturated heterocycles. The molecule has 116 valence electrons. The number of carbonyl (C=O) groups excluding carboxylic acids is 3. The van der Waals surface area contributed by atoms with Gasteiger partial charge in [0.2, 0.25) is 5.91 Å². The number of amides is 4. The summed E-state index contributed by atoms with van der Waals surface area (Å²) in [6.45, 7) is 0.719. The summed E-state index contributed by atoms with van der Waals surface area (Å²) in [7, 11) is 1.40. The maximum Gasteiger partial charge on any atom is 0.318 e. The van der Waals surface area contributed by atoms with Gasteiger partial charge in [0.05, 0.1) is 5.92 Å². The zero-order valence-electron chi connectivity index (χ0n) is 11.9. The van der Waals surface area contributed by atoms with E-state index in [-0.39, 0.29) is 18.4 Å². The Morgan fingerprint density at radius 3 is 2.38 bits per heavy atom. The maximum absolute atomic E-state index is 12.1. The highest BCUT2D eigenvalue weighted by Gasteiger charge is 2.34. The molecule has 0 spiro atoms. The highest BCUT2D eigenvalue weighted by Crippen LogP contribution is 2.18. The topological polar surface area (TPSA) is 107 Å². The summed E-state index contributed by atoms with van der Waals surface area (Å²) in [5, 5.41) is 11.5. The third-order valence-corrected chi connectivity index (χ3v) is 4.08. The van der Waals surface area contributed by atoms with E-state index >= 15 is 0 Å². The van der Waals surface area contributed by atoms with Gasteiger partial charge in [0.25, 0.3) is 5.91 Å². The van der Waals surface area contributed by atoms with E-state index in [4.69, 9.17) is 5.11 Å². The maximum atomic E-state index is 12.1. The fraction of sp³-hybridized carbons (Fsp3) is 0.692. The van der Waals surface area contributed by atoms with Crippen molar-refractivity contribution in [2.75, 3.05) is 20.1 Å². The number of likely N-dealkylation sites (tertiary alicyclic amines) is 2. The number of carboxylic acid groups (broad SMARTS) is 1. The molecule has 2 N–H and O–H groups in total. The van der Waals surface area contributed by atoms with Gasteiger partial charge in [-0.15, -0.1) is 0 Å². The standard InChI is InChI=1S/C13H19N3O5/c1-15-10(17)3-2-9(11(15)18)14-13(21)16-6-4-8(5-7-16)12(19)20/h8-9H,2-7H2,1H3,(H,14,21)(H,19,20). The van der Waals surface area contributed by atoms with Crippen LogP contribution in [0.15, 0.2) is 0 Å². The Morgan fingerprint density at radius 1 is 1.19 bits per heavy atom. The summed E-state index contributed by atoms with van der Waals surface area (Å²) in [5.74, 6) is -1.89. The Morgan fingerprint density at radius 2 is 1.81 bits per heavy atom. The summed E-state index contributed by atoms with van der Waals surface area (Å²) >= 11 is 0. The Balaban J connectivity index is 1.86. The Bertz CT molecular complexity index is 470. The highest BCUT2D eigenvalue weighted by molar-refractivity contribution is 6.01. The lowest BCUT2D eigenvalue weighted by molar-refractivity contribution is -0.148. The monoisotopic (exact) mass is 297 g/mol. The van der Waals surface area contributed by atoms with Gasteiger partial charge in [-0.2, -0.15) is 0 Å². The van der Waals surface area contributed by atoms with E-state index in [1.54, 1.807) is 0 Å². The fourth-order valence-corrected chi connectivity index (χ4v) is 2.62. The predicted molar refractivity (Wildman–Crippen MR) is 71.3 cm³/mol. The molecule has 2 aliphatic rings. The minimum atomic E-state index is -0.836. The van der Waals surface area contributed by atoms with Crippen molar-refractivity contribution in [1.29, 1.82) is 0 Å². The summed E-state index contributed by atoms with van der Waals surface area (Å²) in [6, 6.07) is -1.06. The number of aliphatic carboxylic acids is 1. The second-order valence-electron chi connectivity index (χ2n) is 5.43. The lowest BCUT2D eigenvalue weighted by Gasteiger charge is -2.33. The van der Waals surface area contributed by atoms with Gasteiger partial charge in [-0.3, -0.25) is 19.3 Å². The third kappa shape index (κ3) is 3.32. The van der Waals surface area contributed by atoms with Crippen LogP contribution in [0.1, 0.15) is 25.7 Å². The van der Waals surface area contributed by atoms with Gasteiger partial charge in [0.1, 0.15) is 6.04 Å². The van der Waals surface area contributed by atoms with Gasteiger partial charge >= 0.3 is 12.0 Å². The Kier molecular flexibility index (Phi) is 4.44. The lowest BCUT2D eigenvalue weighted by Crippen LogP contribution is -2.56. The predicted octanol–water partition coefficient (Wildman–Crippen LogP) is -0.360. The van der Waals surface area contributed by atoms with Crippen molar-refractivity contribution >= 4 is 23.8 Å². The Labute approximate surface area is 122 Å². The number of likely N-dealkylation sites (N-methyl/N-ethyl adjacent to an activating group) is 1. The molecule has 8 nitrogen and oxygen atoms in total. The molecule has 0 saturated carbocycles. The van der Waals surface area contributed by atoms with Crippen molar-refractivity contribution in [3.05, 3.63) is 0 Å². The van der Waals surface area contributed by atoms with E-state index in [1.807, 2.05) is 0 Å². The average Bonchev–Trinajstić information content (AvgIpc) is 2.48. The molecule has 2 rings (SSSR count). The average molecular weight is 297 g/mol. The zero-order valence-corrected chi connectivity index (χ0v) is 11.9. The number of imide groups is 1. The van der Waals surface area contributed by atoms with E-state index in [0.717, 1.165) is 4.90 Å². The van der Waals surface area contributed by atoms with E-state index in [9.17, 15) is 19.2 Å². The third-order valence-electron chi connectivity index (χ3n) is 4.08. The van der Waals surface area contributed by atoms with Crippen LogP contribution in [0.3, 0.4) is 0 Å². The van der Waals surface area contributed by atoms with Crippen LogP contribution in [-0.2, 0) is 14.4 Å². The van der Waals surface area contributed by atoms with Gasteiger partial charge in [-0.1, -0.05) is 0 Å². The van der Waals surface area contributed by atoms with Crippen LogP contribution in [-0.4, -0.2) is 64.9 Å². The summed E-state index contributed by atoms with van der Waals surface area (Å²) < 4.78 is 0. The summed E-state index contributed by atoms with van der Waals surface area (Å²) in [4.78, 5) is 48.7. The zero-order chi connectivity index (χ0) is 15.6. The van der Waals surface area contributed by atoms with Crippen LogP contribution in [0.4, 0.5) is 4.79 Å². The van der Waals surface area contributed by atoms with Gasteiger partial charge in [-0.25, -0.2) is 4.79 Å². The number of carboxylic acids is 1. The number of nitrogens with one attached hydrogen (secondary N) is 1. The van der Waals surface area contributed by atoms with Crippen LogP contribution in [0, 0.1) is 5.92 Å². The summed E-state index contributed by atoms with van der Waals surface area (Å²) in [5.41, 5.74) is 0.